The molecule has 0 aliphatic heterocycles. The van der Waals surface area contributed by atoms with Gasteiger partial charge in [0.05, 0.1) is 20.2 Å². The first-order valence-electron chi connectivity index (χ1n) is 18.9. The number of ether oxygens (including phenoxy) is 1. The fourth-order valence-electron chi connectivity index (χ4n) is 6.29. The van der Waals surface area contributed by atoms with E-state index in [4.69, 9.17) is 16.3 Å². The minimum absolute atomic E-state index is 0. The highest BCUT2D eigenvalue weighted by atomic mass is 36.0. The van der Waals surface area contributed by atoms with Crippen molar-refractivity contribution in [1.29, 1.82) is 0 Å². The molecule has 2 unspecified atom stereocenters. The Morgan fingerprint density at radius 1 is 0.592 bits per heavy atom. The van der Waals surface area contributed by atoms with Crippen molar-refractivity contribution in [3.63, 3.8) is 0 Å². The molecule has 6 heterocycles. The first-order chi connectivity index (χ1) is 32.9. The summed E-state index contributed by atoms with van der Waals surface area (Å²) in [5, 5.41) is 39.3. The normalized spacial score (nSPS) is 13.3. The van der Waals surface area contributed by atoms with E-state index in [2.05, 4.69) is 94.7 Å². The SMILES string of the molecule is C.COc1ncc(-c2ccc(C(F)(F)C(O)(Cn3cnnn3)c3ccc(F)cc3F)nc2)cn1.O=P(Cl)(Cl)Cl.OC(Cn1cnnn1)(c1ccc(F)cc1F)C(F)(F)c1ccc(-c2cnc(Cl)nc2)cn1. The molecular weight excluding hydrogens is 1070 g/mol. The monoisotopic (exact) mass is 1090 g/mol. The van der Waals surface area contributed by atoms with Crippen LogP contribution in [0.3, 0.4) is 0 Å². The summed E-state index contributed by atoms with van der Waals surface area (Å²) in [4.78, 5) is 23.0. The van der Waals surface area contributed by atoms with Gasteiger partial charge in [0.15, 0.2) is 11.2 Å². The van der Waals surface area contributed by atoms with Crippen molar-refractivity contribution in [1.82, 2.24) is 70.3 Å². The smallest absolute Gasteiger partial charge is 0.339 e. The number of aromatic nitrogens is 14. The second-order valence-corrected chi connectivity index (χ2v) is 21.1. The van der Waals surface area contributed by atoms with Crippen molar-refractivity contribution in [3.05, 3.63) is 162 Å². The number of halogens is 12. The molecular formula is C40H31Cl4F8N14O4P. The molecule has 2 N–H and O–H groups in total. The third-order valence-corrected chi connectivity index (χ3v) is 9.82. The van der Waals surface area contributed by atoms with Crippen molar-refractivity contribution in [3.8, 4) is 28.3 Å². The maximum absolute atomic E-state index is 15.7. The van der Waals surface area contributed by atoms with Crippen LogP contribution in [0.5, 0.6) is 6.01 Å². The molecule has 2 atom stereocenters. The molecule has 0 radical (unpaired) electrons. The highest BCUT2D eigenvalue weighted by Crippen LogP contribution is 2.61. The van der Waals surface area contributed by atoms with Crippen molar-refractivity contribution in [2.45, 2.75) is 43.6 Å². The number of pyridine rings is 2. The second kappa shape index (κ2) is 22.8. The van der Waals surface area contributed by atoms with Gasteiger partial charge in [-0.3, -0.25) is 14.5 Å². The molecule has 0 spiro atoms. The molecule has 0 saturated carbocycles. The van der Waals surface area contributed by atoms with Gasteiger partial charge in [0.2, 0.25) is 5.28 Å². The van der Waals surface area contributed by atoms with Crippen LogP contribution in [0.1, 0.15) is 29.9 Å². The Bertz CT molecular complexity index is 3040. The zero-order valence-electron chi connectivity index (χ0n) is 34.8. The largest absolute Gasteiger partial charge is 0.467 e. The Hall–Kier alpha value is -6.41. The number of benzene rings is 2. The first kappa shape index (κ1) is 55.5. The highest BCUT2D eigenvalue weighted by molar-refractivity contribution is 8.24. The Balaban J connectivity index is 0.000000238. The molecule has 0 saturated heterocycles. The van der Waals surface area contributed by atoms with Crippen LogP contribution >= 0.6 is 50.5 Å². The lowest BCUT2D eigenvalue weighted by molar-refractivity contribution is -0.207. The number of hydrogen-bond donors (Lipinski definition) is 2. The number of tetrazole rings is 2. The summed E-state index contributed by atoms with van der Waals surface area (Å²) in [6, 6.07) is 8.50. The Morgan fingerprint density at radius 3 is 1.27 bits per heavy atom. The molecule has 18 nitrogen and oxygen atoms in total. The molecule has 6 aromatic heterocycles. The van der Waals surface area contributed by atoms with E-state index in [1.807, 2.05) is 0 Å². The third kappa shape index (κ3) is 13.1. The summed E-state index contributed by atoms with van der Waals surface area (Å²) >= 11 is 19.5. The number of alkyl halides is 4. The molecule has 2 aromatic carbocycles. The van der Waals surface area contributed by atoms with E-state index >= 15 is 17.6 Å². The maximum atomic E-state index is 15.7. The quantitative estimate of drug-likeness (QED) is 0.0623. The number of rotatable bonds is 13. The van der Waals surface area contributed by atoms with E-state index in [9.17, 15) is 32.3 Å². The van der Waals surface area contributed by atoms with Crippen molar-refractivity contribution in [2.24, 2.45) is 0 Å². The van der Waals surface area contributed by atoms with Crippen LogP contribution in [0, 0.1) is 23.3 Å². The van der Waals surface area contributed by atoms with Crippen molar-refractivity contribution >= 4 is 50.5 Å². The Morgan fingerprint density at radius 2 is 0.958 bits per heavy atom. The van der Waals surface area contributed by atoms with Crippen LogP contribution in [0.25, 0.3) is 22.3 Å². The van der Waals surface area contributed by atoms with E-state index in [0.29, 0.717) is 34.4 Å². The second-order valence-electron chi connectivity index (χ2n) is 14.1. The van der Waals surface area contributed by atoms with Gasteiger partial charge in [0, 0.05) is 82.7 Å². The molecule has 374 valence electrons. The highest BCUT2D eigenvalue weighted by Gasteiger charge is 2.59. The van der Waals surface area contributed by atoms with E-state index in [1.165, 1.54) is 44.0 Å². The summed E-state index contributed by atoms with van der Waals surface area (Å²) in [5.74, 6) is -13.0. The first-order valence-corrected chi connectivity index (χ1v) is 23.7. The van der Waals surface area contributed by atoms with Gasteiger partial charge in [0.25, 0.3) is 0 Å². The average molecular weight is 1100 g/mol. The molecule has 0 fully saturated rings. The minimum atomic E-state index is -4.15. The van der Waals surface area contributed by atoms with Crippen LogP contribution < -0.4 is 4.74 Å². The Labute approximate surface area is 414 Å². The molecule has 0 aliphatic rings. The lowest BCUT2D eigenvalue weighted by Crippen LogP contribution is -2.48. The van der Waals surface area contributed by atoms with Gasteiger partial charge < -0.3 is 14.9 Å². The molecule has 0 bridgehead atoms. The standard InChI is InChI=1S/C20H15F4N7O2.C19H12ClF4N7O.CH4.Cl3OP/c1-33-18-26-8-13(9-27-18)12-2-5-17(25-7-12)20(23,24)19(32,10-31-11-28-29-30-31)15-4-3-14(21)6-16(15)22;20-17-26-7-12(8-27-17)11-1-4-16(25-6-11)19(23,24)18(32,9-31-10-28-29-30-31)14-3-2-13(21)5-15(14)22;;1-5(2,3)4/h2-9,11,32H,10H2,1H3;1-8,10,32H,9H2;1H4;. The van der Waals surface area contributed by atoms with Crippen molar-refractivity contribution in [2.75, 3.05) is 7.11 Å². The van der Waals surface area contributed by atoms with Crippen LogP contribution in [0.15, 0.2) is 110 Å². The van der Waals surface area contributed by atoms with Gasteiger partial charge in [-0.25, -0.2) is 46.9 Å². The van der Waals surface area contributed by atoms with Crippen LogP contribution in [0.4, 0.5) is 35.1 Å². The predicted molar refractivity (Wildman–Crippen MR) is 238 cm³/mol. The van der Waals surface area contributed by atoms with Gasteiger partial charge >= 0.3 is 23.1 Å². The lowest BCUT2D eigenvalue weighted by atomic mass is 9.84. The third-order valence-electron chi connectivity index (χ3n) is 9.62. The zero-order valence-corrected chi connectivity index (χ0v) is 38.7. The summed E-state index contributed by atoms with van der Waals surface area (Å²) < 4.78 is 135. The minimum Gasteiger partial charge on any atom is -0.467 e. The fourth-order valence-corrected chi connectivity index (χ4v) is 6.39. The zero-order chi connectivity index (χ0) is 51.1. The van der Waals surface area contributed by atoms with Crippen LogP contribution in [-0.2, 0) is 40.7 Å². The molecule has 8 rings (SSSR count). The topological polar surface area (TPSA) is 231 Å². The predicted octanol–water partition coefficient (Wildman–Crippen LogP) is 9.08. The number of methoxy groups -OCH3 is 1. The molecule has 0 amide bonds. The van der Waals surface area contributed by atoms with Gasteiger partial charge in [-0.2, -0.15) is 17.6 Å². The van der Waals surface area contributed by atoms with Gasteiger partial charge in [-0.15, -0.1) is 10.2 Å². The lowest BCUT2D eigenvalue weighted by Gasteiger charge is -2.35. The summed E-state index contributed by atoms with van der Waals surface area (Å²) in [7, 11) is 1.40. The van der Waals surface area contributed by atoms with E-state index < -0.39 is 87.1 Å². The number of aliphatic hydroxyl groups is 2. The van der Waals surface area contributed by atoms with E-state index in [-0.39, 0.29) is 18.7 Å². The van der Waals surface area contributed by atoms with E-state index in [1.54, 1.807) is 0 Å². The molecule has 8 aromatic rings. The summed E-state index contributed by atoms with van der Waals surface area (Å²) in [6.45, 7) is -1.88. The van der Waals surface area contributed by atoms with E-state index in [0.717, 1.165) is 70.8 Å². The molecule has 71 heavy (non-hydrogen) atoms. The van der Waals surface area contributed by atoms with Crippen LogP contribution in [-0.4, -0.2) is 87.6 Å². The Kier molecular flexibility index (Phi) is 17.8. The summed E-state index contributed by atoms with van der Waals surface area (Å²) in [6.07, 6.45) is 9.80. The van der Waals surface area contributed by atoms with Crippen LogP contribution in [0.2, 0.25) is 5.28 Å². The van der Waals surface area contributed by atoms with Gasteiger partial charge in [0.1, 0.15) is 47.3 Å². The molecule has 0 aliphatic carbocycles. The number of hydrogen-bond acceptors (Lipinski definition) is 16. The molecule has 31 heteroatoms. The number of nitrogens with zero attached hydrogens (tertiary/aromatic N) is 14. The average Bonchev–Trinajstić information content (AvgIpc) is 4.04. The van der Waals surface area contributed by atoms with Crippen molar-refractivity contribution < 1.29 is 54.6 Å². The van der Waals surface area contributed by atoms with Gasteiger partial charge in [-0.05, 0) is 103 Å². The fraction of sp³-hybridized carbons (Fsp3) is 0.200. The maximum Gasteiger partial charge on any atom is 0.339 e. The summed E-state index contributed by atoms with van der Waals surface area (Å²) in [5.41, 5.74) is -8.09. The van der Waals surface area contributed by atoms with Gasteiger partial charge in [-0.1, -0.05) is 19.6 Å².